The van der Waals surface area contributed by atoms with Crippen molar-refractivity contribution in [3.8, 4) is 0 Å². The Morgan fingerprint density at radius 3 is 2.80 bits per heavy atom. The Bertz CT molecular complexity index is 917. The third-order valence-corrected chi connectivity index (χ3v) is 5.34. The molecule has 0 radical (unpaired) electrons. The van der Waals surface area contributed by atoms with Crippen molar-refractivity contribution in [1.29, 1.82) is 0 Å². The van der Waals surface area contributed by atoms with Crippen LogP contribution < -0.4 is 10.2 Å². The maximum absolute atomic E-state index is 12.3. The van der Waals surface area contributed by atoms with Gasteiger partial charge in [0, 0.05) is 38.7 Å². The molecular weight excluding hydrogens is 384 g/mol. The highest BCUT2D eigenvalue weighted by atomic mass is 16.8. The first-order valence-electron chi connectivity index (χ1n) is 9.91. The highest BCUT2D eigenvalue weighted by Crippen LogP contribution is 2.32. The molecule has 2 atom stereocenters. The van der Waals surface area contributed by atoms with Gasteiger partial charge < -0.3 is 23.8 Å². The predicted molar refractivity (Wildman–Crippen MR) is 113 cm³/mol. The highest BCUT2D eigenvalue weighted by molar-refractivity contribution is 5.85. The quantitative estimate of drug-likeness (QED) is 0.702. The summed E-state index contributed by atoms with van der Waals surface area (Å²) in [6.07, 6.45) is 3.25. The average molecular weight is 410 g/mol. The molecule has 7 nitrogen and oxygen atoms in total. The summed E-state index contributed by atoms with van der Waals surface area (Å²) in [5, 5.41) is 2.78. The van der Waals surface area contributed by atoms with Gasteiger partial charge in [0.15, 0.2) is 12.9 Å². The largest absolute Gasteiger partial charge is 0.443 e. The minimum Gasteiger partial charge on any atom is -0.443 e. The molecule has 2 aromatic carbocycles. The Hall–Kier alpha value is -2.87. The number of methoxy groups -OCH3 is 2. The third kappa shape index (κ3) is 4.48. The number of carbonyl (C=O) groups excluding carboxylic acids is 1. The highest BCUT2D eigenvalue weighted by Gasteiger charge is 2.37. The molecule has 2 aromatic rings. The Morgan fingerprint density at radius 2 is 2.07 bits per heavy atom. The molecule has 0 aromatic heterocycles. The predicted octanol–water partition coefficient (Wildman–Crippen LogP) is 3.70. The lowest BCUT2D eigenvalue weighted by Crippen LogP contribution is -2.38. The van der Waals surface area contributed by atoms with E-state index in [0.717, 1.165) is 19.5 Å². The van der Waals surface area contributed by atoms with Crippen LogP contribution in [0.5, 0.6) is 0 Å². The fraction of sp³-hybridized carbons (Fsp3) is 0.348. The number of nitrogens with zero attached hydrogens (tertiary/aromatic N) is 1. The molecule has 1 N–H and O–H groups in total. The van der Waals surface area contributed by atoms with Gasteiger partial charge in [-0.1, -0.05) is 30.3 Å². The number of nitrogens with one attached hydrogen (secondary N) is 1. The fourth-order valence-electron chi connectivity index (χ4n) is 3.72. The molecule has 30 heavy (non-hydrogen) atoms. The monoisotopic (exact) mass is 410 g/mol. The molecule has 0 saturated carbocycles. The van der Waals surface area contributed by atoms with E-state index in [-0.39, 0.29) is 6.61 Å². The summed E-state index contributed by atoms with van der Waals surface area (Å²) in [4.78, 5) is 14.6. The summed E-state index contributed by atoms with van der Waals surface area (Å²) in [5.41, 5.74) is 4.39. The summed E-state index contributed by atoms with van der Waals surface area (Å²) in [6, 6.07) is 16.3. The van der Waals surface area contributed by atoms with Crippen molar-refractivity contribution in [2.45, 2.75) is 25.0 Å². The number of carbonyl (C=O) groups is 1. The van der Waals surface area contributed by atoms with Crippen LogP contribution in [0.4, 0.5) is 16.2 Å². The van der Waals surface area contributed by atoms with Crippen molar-refractivity contribution in [2.75, 3.05) is 37.6 Å². The Balaban J connectivity index is 1.33. The van der Waals surface area contributed by atoms with Gasteiger partial charge in [-0.25, -0.2) is 4.79 Å². The van der Waals surface area contributed by atoms with E-state index < -0.39 is 18.2 Å². The van der Waals surface area contributed by atoms with Crippen molar-refractivity contribution < 1.29 is 23.7 Å². The summed E-state index contributed by atoms with van der Waals surface area (Å²) in [6.45, 7) is 1.75. The number of hydrogen-bond donors (Lipinski definition) is 1. The number of rotatable bonds is 7. The molecule has 0 spiro atoms. The van der Waals surface area contributed by atoms with Crippen LogP contribution in [0, 0.1) is 0 Å². The molecule has 0 bridgehead atoms. The van der Waals surface area contributed by atoms with E-state index in [1.165, 1.54) is 31.0 Å². The van der Waals surface area contributed by atoms with E-state index in [1.54, 1.807) is 12.2 Å². The molecule has 7 heteroatoms. The number of fused-ring (bicyclic) bond motifs is 1. The zero-order valence-electron chi connectivity index (χ0n) is 17.2. The molecule has 2 unspecified atom stereocenters. The van der Waals surface area contributed by atoms with Crippen LogP contribution in [0.1, 0.15) is 11.1 Å². The lowest BCUT2D eigenvalue weighted by atomic mass is 10.1. The minimum absolute atomic E-state index is 0.0819. The van der Waals surface area contributed by atoms with Crippen molar-refractivity contribution in [3.63, 3.8) is 0 Å². The molecule has 2 aliphatic rings. The van der Waals surface area contributed by atoms with Crippen LogP contribution in [0.15, 0.2) is 60.7 Å². The zero-order chi connectivity index (χ0) is 21.0. The van der Waals surface area contributed by atoms with E-state index in [9.17, 15) is 4.79 Å². The van der Waals surface area contributed by atoms with Crippen molar-refractivity contribution in [1.82, 2.24) is 0 Å². The molecule has 0 saturated heterocycles. The Labute approximate surface area is 176 Å². The number of benzene rings is 2. The van der Waals surface area contributed by atoms with Crippen LogP contribution in [-0.2, 0) is 31.9 Å². The van der Waals surface area contributed by atoms with Crippen LogP contribution in [0.3, 0.4) is 0 Å². The first-order valence-corrected chi connectivity index (χ1v) is 9.91. The van der Waals surface area contributed by atoms with E-state index in [4.69, 9.17) is 18.9 Å². The summed E-state index contributed by atoms with van der Waals surface area (Å²) in [5.74, 6) is -1.13. The SMILES string of the molecule is COC1C=CC(COC(=O)Nc2ccc3c(c2)CCN3Cc2ccccc2)(OC)O1. The first-order chi connectivity index (χ1) is 14.6. The van der Waals surface area contributed by atoms with E-state index in [2.05, 4.69) is 34.5 Å². The van der Waals surface area contributed by atoms with Crippen molar-refractivity contribution in [3.05, 3.63) is 71.8 Å². The zero-order valence-corrected chi connectivity index (χ0v) is 17.2. The standard InChI is InChI=1S/C23H26N2O5/c1-27-21-10-12-23(28-2,30-21)16-29-22(26)24-19-8-9-20-18(14-19)11-13-25(20)15-17-6-4-3-5-7-17/h3-10,12,14,21H,11,13,15-16H2,1-2H3,(H,24,26). The van der Waals surface area contributed by atoms with E-state index >= 15 is 0 Å². The second kappa shape index (κ2) is 8.87. The van der Waals surface area contributed by atoms with Gasteiger partial charge in [-0.2, -0.15) is 0 Å². The summed E-state index contributed by atoms with van der Waals surface area (Å²) in [7, 11) is 3.02. The van der Waals surface area contributed by atoms with Gasteiger partial charge in [0.1, 0.15) is 0 Å². The minimum atomic E-state index is -1.13. The van der Waals surface area contributed by atoms with Crippen LogP contribution in [0.2, 0.25) is 0 Å². The molecule has 2 aliphatic heterocycles. The van der Waals surface area contributed by atoms with Crippen LogP contribution >= 0.6 is 0 Å². The Kier molecular flexibility index (Phi) is 6.03. The normalized spacial score (nSPS) is 22.2. The second-order valence-electron chi connectivity index (χ2n) is 7.30. The molecule has 0 aliphatic carbocycles. The van der Waals surface area contributed by atoms with Gasteiger partial charge in [0.2, 0.25) is 5.79 Å². The van der Waals surface area contributed by atoms with Crippen molar-refractivity contribution >= 4 is 17.5 Å². The molecular formula is C23H26N2O5. The number of hydrogen-bond acceptors (Lipinski definition) is 6. The topological polar surface area (TPSA) is 69.3 Å². The van der Waals surface area contributed by atoms with Gasteiger partial charge in [-0.15, -0.1) is 0 Å². The molecule has 4 rings (SSSR count). The maximum Gasteiger partial charge on any atom is 0.411 e. The van der Waals surface area contributed by atoms with Gasteiger partial charge in [0.05, 0.1) is 0 Å². The Morgan fingerprint density at radius 1 is 1.23 bits per heavy atom. The van der Waals surface area contributed by atoms with E-state index in [0.29, 0.717) is 5.69 Å². The lowest BCUT2D eigenvalue weighted by molar-refractivity contribution is -0.254. The van der Waals surface area contributed by atoms with Gasteiger partial charge in [0.25, 0.3) is 0 Å². The first kappa shape index (κ1) is 20.4. The van der Waals surface area contributed by atoms with Gasteiger partial charge in [-0.05, 0) is 47.9 Å². The number of amides is 1. The van der Waals surface area contributed by atoms with Gasteiger partial charge in [-0.3, -0.25) is 5.32 Å². The van der Waals surface area contributed by atoms with Gasteiger partial charge >= 0.3 is 6.09 Å². The number of anilines is 2. The second-order valence-corrected chi connectivity index (χ2v) is 7.30. The maximum atomic E-state index is 12.3. The summed E-state index contributed by atoms with van der Waals surface area (Å²) < 4.78 is 21.4. The summed E-state index contributed by atoms with van der Waals surface area (Å²) >= 11 is 0. The average Bonchev–Trinajstić information content (AvgIpc) is 3.38. The molecule has 0 fully saturated rings. The molecule has 158 valence electrons. The van der Waals surface area contributed by atoms with Crippen LogP contribution in [0.25, 0.3) is 0 Å². The smallest absolute Gasteiger partial charge is 0.411 e. The lowest BCUT2D eigenvalue weighted by Gasteiger charge is -2.26. The third-order valence-electron chi connectivity index (χ3n) is 5.34. The fourth-order valence-corrected chi connectivity index (χ4v) is 3.72. The van der Waals surface area contributed by atoms with E-state index in [1.807, 2.05) is 24.3 Å². The van der Waals surface area contributed by atoms with Crippen molar-refractivity contribution in [2.24, 2.45) is 0 Å². The molecule has 1 amide bonds. The molecule has 2 heterocycles. The van der Waals surface area contributed by atoms with Crippen LogP contribution in [-0.4, -0.2) is 45.5 Å². The number of ether oxygens (including phenoxy) is 4.